The van der Waals surface area contributed by atoms with Gasteiger partial charge >= 0.3 is 0 Å². The lowest BCUT2D eigenvalue weighted by Gasteiger charge is -2.14. The second-order valence-electron chi connectivity index (χ2n) is 4.96. The van der Waals surface area contributed by atoms with E-state index in [9.17, 15) is 18.4 Å². The number of nitrogens with zero attached hydrogens (tertiary/aromatic N) is 1. The first-order valence-corrected chi connectivity index (χ1v) is 6.99. The minimum Gasteiger partial charge on any atom is -0.350 e. The lowest BCUT2D eigenvalue weighted by molar-refractivity contribution is -0.122. The second-order valence-corrected chi connectivity index (χ2v) is 4.96. The molecule has 2 aromatic rings. The standard InChI is InChI=1S/C14H17F2N5O2.ClH/c15-14(16,7-17)8-19-11(22)5-6-18-13(23)12-9-3-1-2-4-10(9)20-21-12;/h1-4H,5-8,17H2,(H,18,23)(H,19,22)(H,20,21);1H. The molecule has 2 amide bonds. The van der Waals surface area contributed by atoms with E-state index in [-0.39, 0.29) is 31.1 Å². The van der Waals surface area contributed by atoms with E-state index >= 15 is 0 Å². The number of para-hydroxylation sites is 1. The number of aromatic nitrogens is 2. The van der Waals surface area contributed by atoms with Crippen molar-refractivity contribution in [1.82, 2.24) is 20.8 Å². The predicted molar refractivity (Wildman–Crippen MR) is 87.3 cm³/mol. The third kappa shape index (κ3) is 5.14. The highest BCUT2D eigenvalue weighted by molar-refractivity contribution is 6.04. The fourth-order valence-electron chi connectivity index (χ4n) is 1.90. The van der Waals surface area contributed by atoms with Crippen molar-refractivity contribution in [2.45, 2.75) is 12.3 Å². The van der Waals surface area contributed by atoms with Gasteiger partial charge in [0, 0.05) is 18.4 Å². The summed E-state index contributed by atoms with van der Waals surface area (Å²) >= 11 is 0. The number of hydrogen-bond acceptors (Lipinski definition) is 4. The lowest BCUT2D eigenvalue weighted by Crippen LogP contribution is -2.42. The maximum absolute atomic E-state index is 12.9. The summed E-state index contributed by atoms with van der Waals surface area (Å²) in [6, 6.07) is 7.11. The Kier molecular flexibility index (Phi) is 7.05. The summed E-state index contributed by atoms with van der Waals surface area (Å²) in [6.07, 6.45) is -0.116. The molecule has 0 saturated heterocycles. The van der Waals surface area contributed by atoms with Gasteiger partial charge in [-0.1, -0.05) is 18.2 Å². The molecule has 0 bridgehead atoms. The zero-order valence-electron chi connectivity index (χ0n) is 12.6. The average molecular weight is 362 g/mol. The topological polar surface area (TPSA) is 113 Å². The van der Waals surface area contributed by atoms with Gasteiger partial charge in [-0.3, -0.25) is 14.7 Å². The number of hydrogen-bond donors (Lipinski definition) is 4. The molecule has 24 heavy (non-hydrogen) atoms. The normalized spacial score (nSPS) is 11.0. The van der Waals surface area contributed by atoms with Crippen molar-refractivity contribution in [2.75, 3.05) is 19.6 Å². The third-order valence-electron chi connectivity index (χ3n) is 3.17. The highest BCUT2D eigenvalue weighted by atomic mass is 35.5. The monoisotopic (exact) mass is 361 g/mol. The Balaban J connectivity index is 0.00000288. The number of benzene rings is 1. The number of carbonyl (C=O) groups excluding carboxylic acids is 2. The molecule has 2 rings (SSSR count). The van der Waals surface area contributed by atoms with Crippen LogP contribution in [0.4, 0.5) is 8.78 Å². The lowest BCUT2D eigenvalue weighted by atomic mass is 10.2. The molecule has 0 atom stereocenters. The van der Waals surface area contributed by atoms with Crippen molar-refractivity contribution in [3.63, 3.8) is 0 Å². The Morgan fingerprint density at radius 1 is 1.25 bits per heavy atom. The van der Waals surface area contributed by atoms with Crippen LogP contribution in [0.2, 0.25) is 0 Å². The second kappa shape index (κ2) is 8.55. The molecule has 10 heteroatoms. The Morgan fingerprint density at radius 2 is 1.96 bits per heavy atom. The van der Waals surface area contributed by atoms with Crippen LogP contribution in [0.5, 0.6) is 0 Å². The molecule has 1 aromatic heterocycles. The van der Waals surface area contributed by atoms with Crippen LogP contribution >= 0.6 is 12.4 Å². The van der Waals surface area contributed by atoms with Gasteiger partial charge in [0.1, 0.15) is 0 Å². The maximum Gasteiger partial charge on any atom is 0.277 e. The number of nitrogens with one attached hydrogen (secondary N) is 3. The van der Waals surface area contributed by atoms with Crippen LogP contribution in [0.1, 0.15) is 16.9 Å². The number of nitrogens with two attached hydrogens (primary N) is 1. The zero-order chi connectivity index (χ0) is 16.9. The van der Waals surface area contributed by atoms with E-state index in [2.05, 4.69) is 20.8 Å². The first-order chi connectivity index (χ1) is 10.9. The summed E-state index contributed by atoms with van der Waals surface area (Å²) in [5, 5.41) is 11.9. The Hall–Kier alpha value is -2.26. The first-order valence-electron chi connectivity index (χ1n) is 6.99. The molecule has 0 aliphatic carbocycles. The van der Waals surface area contributed by atoms with Gasteiger partial charge in [-0.2, -0.15) is 5.10 Å². The maximum atomic E-state index is 12.9. The van der Waals surface area contributed by atoms with Gasteiger partial charge in [0.2, 0.25) is 5.91 Å². The molecular formula is C14H18ClF2N5O2. The molecule has 132 valence electrons. The van der Waals surface area contributed by atoms with E-state index in [1.165, 1.54) is 0 Å². The van der Waals surface area contributed by atoms with Gasteiger partial charge in [0.25, 0.3) is 11.8 Å². The van der Waals surface area contributed by atoms with Gasteiger partial charge in [0.15, 0.2) is 5.69 Å². The van der Waals surface area contributed by atoms with Crippen LogP contribution in [0.3, 0.4) is 0 Å². The van der Waals surface area contributed by atoms with E-state index in [1.54, 1.807) is 18.2 Å². The average Bonchev–Trinajstić information content (AvgIpc) is 2.97. The molecule has 1 aromatic carbocycles. The molecule has 0 saturated carbocycles. The number of amides is 2. The quantitative estimate of drug-likeness (QED) is 0.584. The number of fused-ring (bicyclic) bond motifs is 1. The highest BCUT2D eigenvalue weighted by Gasteiger charge is 2.27. The minimum absolute atomic E-state index is 0. The Morgan fingerprint density at radius 3 is 2.67 bits per heavy atom. The molecule has 0 spiro atoms. The van der Waals surface area contributed by atoms with Crippen LogP contribution in [0.15, 0.2) is 24.3 Å². The van der Waals surface area contributed by atoms with Crippen molar-refractivity contribution >= 4 is 35.1 Å². The predicted octanol–water partition coefficient (Wildman–Crippen LogP) is 0.815. The number of rotatable bonds is 7. The van der Waals surface area contributed by atoms with Crippen molar-refractivity contribution < 1.29 is 18.4 Å². The van der Waals surface area contributed by atoms with Crippen molar-refractivity contribution in [1.29, 1.82) is 0 Å². The van der Waals surface area contributed by atoms with Crippen LogP contribution in [-0.4, -0.2) is 47.6 Å². The van der Waals surface area contributed by atoms with Gasteiger partial charge in [-0.25, -0.2) is 8.78 Å². The van der Waals surface area contributed by atoms with E-state index in [0.29, 0.717) is 5.39 Å². The minimum atomic E-state index is -3.13. The van der Waals surface area contributed by atoms with Gasteiger partial charge in [0.05, 0.1) is 18.6 Å². The smallest absolute Gasteiger partial charge is 0.277 e. The van der Waals surface area contributed by atoms with Gasteiger partial charge < -0.3 is 16.4 Å². The Labute approximate surface area is 142 Å². The largest absolute Gasteiger partial charge is 0.350 e. The van der Waals surface area contributed by atoms with Gasteiger partial charge in [-0.05, 0) is 6.07 Å². The summed E-state index contributed by atoms with van der Waals surface area (Å²) < 4.78 is 25.8. The van der Waals surface area contributed by atoms with Crippen LogP contribution < -0.4 is 16.4 Å². The molecule has 0 unspecified atom stereocenters. The van der Waals surface area contributed by atoms with Crippen LogP contribution in [0.25, 0.3) is 10.9 Å². The molecular weight excluding hydrogens is 344 g/mol. The molecule has 0 radical (unpaired) electrons. The number of halogens is 3. The fourth-order valence-corrected chi connectivity index (χ4v) is 1.90. The van der Waals surface area contributed by atoms with Crippen LogP contribution in [-0.2, 0) is 4.79 Å². The number of H-pyrrole nitrogens is 1. The Bertz CT molecular complexity index is 707. The van der Waals surface area contributed by atoms with Gasteiger partial charge in [-0.15, -0.1) is 12.4 Å². The van der Waals surface area contributed by atoms with Crippen molar-refractivity contribution in [3.8, 4) is 0 Å². The molecule has 5 N–H and O–H groups in total. The molecule has 1 heterocycles. The zero-order valence-corrected chi connectivity index (χ0v) is 13.5. The summed E-state index contributed by atoms with van der Waals surface area (Å²) in [5.41, 5.74) is 5.80. The van der Waals surface area contributed by atoms with Crippen LogP contribution in [0, 0.1) is 0 Å². The number of aromatic amines is 1. The van der Waals surface area contributed by atoms with E-state index in [1.807, 2.05) is 6.07 Å². The van der Waals surface area contributed by atoms with Crippen molar-refractivity contribution in [3.05, 3.63) is 30.0 Å². The van der Waals surface area contributed by atoms with E-state index < -0.39 is 30.8 Å². The molecule has 0 aliphatic rings. The first kappa shape index (κ1) is 19.8. The summed E-state index contributed by atoms with van der Waals surface area (Å²) in [6.45, 7) is -1.64. The van der Waals surface area contributed by atoms with E-state index in [4.69, 9.17) is 5.73 Å². The fraction of sp³-hybridized carbons (Fsp3) is 0.357. The van der Waals surface area contributed by atoms with Crippen molar-refractivity contribution in [2.24, 2.45) is 5.73 Å². The van der Waals surface area contributed by atoms with E-state index in [0.717, 1.165) is 5.52 Å². The summed E-state index contributed by atoms with van der Waals surface area (Å²) in [5.74, 6) is -4.17. The third-order valence-corrected chi connectivity index (χ3v) is 3.17. The molecule has 0 aliphatic heterocycles. The summed E-state index contributed by atoms with van der Waals surface area (Å²) in [4.78, 5) is 23.4. The summed E-state index contributed by atoms with van der Waals surface area (Å²) in [7, 11) is 0. The highest BCUT2D eigenvalue weighted by Crippen LogP contribution is 2.14. The number of carbonyl (C=O) groups is 2. The SMILES string of the molecule is Cl.NCC(F)(F)CNC(=O)CCNC(=O)c1n[nH]c2ccccc12. The molecule has 7 nitrogen and oxygen atoms in total. The molecule has 0 fully saturated rings. The number of alkyl halides is 2.